The first-order valence-corrected chi connectivity index (χ1v) is 5.68. The molecule has 1 aliphatic rings. The van der Waals surface area contributed by atoms with E-state index in [-0.39, 0.29) is 5.91 Å². The van der Waals surface area contributed by atoms with Gasteiger partial charge in [-0.25, -0.2) is 0 Å². The summed E-state index contributed by atoms with van der Waals surface area (Å²) in [5.41, 5.74) is 7.21. The minimum Gasteiger partial charge on any atom is -0.383 e. The Balaban J connectivity index is 0.000000514. The van der Waals surface area contributed by atoms with Gasteiger partial charge in [-0.2, -0.15) is 4.99 Å². The minimum absolute atomic E-state index is 0.253. The van der Waals surface area contributed by atoms with E-state index in [4.69, 9.17) is 5.73 Å². The highest BCUT2D eigenvalue weighted by molar-refractivity contribution is 6.24. The third-order valence-electron chi connectivity index (χ3n) is 2.63. The van der Waals surface area contributed by atoms with E-state index >= 15 is 0 Å². The number of hydrogen-bond acceptors (Lipinski definition) is 2. The second-order valence-electron chi connectivity index (χ2n) is 3.51. The molecule has 0 fully saturated rings. The number of aliphatic imine (C=N–C) groups is 1. The molecular formula is C14H14N2O. The van der Waals surface area contributed by atoms with Crippen LogP contribution < -0.4 is 5.73 Å². The Hall–Kier alpha value is -2.16. The second-order valence-corrected chi connectivity index (χ2v) is 3.51. The number of amides is 1. The average molecular weight is 226 g/mol. The fraction of sp³-hybridized carbons (Fsp3) is 0.143. The van der Waals surface area contributed by atoms with Gasteiger partial charge >= 0.3 is 0 Å². The van der Waals surface area contributed by atoms with E-state index in [9.17, 15) is 4.79 Å². The van der Waals surface area contributed by atoms with E-state index in [2.05, 4.69) is 4.99 Å². The van der Waals surface area contributed by atoms with Gasteiger partial charge in [0.2, 0.25) is 0 Å². The number of carbonyl (C=O) groups is 1. The first kappa shape index (κ1) is 11.3. The molecule has 3 rings (SSSR count). The highest BCUT2D eigenvalue weighted by atomic mass is 16.1. The summed E-state index contributed by atoms with van der Waals surface area (Å²) in [6, 6.07) is 11.4. The van der Waals surface area contributed by atoms with E-state index in [0.717, 1.165) is 16.3 Å². The molecule has 0 saturated carbocycles. The zero-order valence-corrected chi connectivity index (χ0v) is 9.90. The lowest BCUT2D eigenvalue weighted by atomic mass is 9.96. The maximum atomic E-state index is 11.6. The van der Waals surface area contributed by atoms with Crippen LogP contribution in [0.2, 0.25) is 0 Å². The number of rotatable bonds is 0. The molecule has 1 heterocycles. The Morgan fingerprint density at radius 2 is 1.59 bits per heavy atom. The van der Waals surface area contributed by atoms with E-state index in [1.807, 2.05) is 44.2 Å². The molecule has 2 aromatic rings. The molecule has 2 aromatic carbocycles. The van der Waals surface area contributed by atoms with Gasteiger partial charge in [-0.15, -0.1) is 0 Å². The van der Waals surface area contributed by atoms with Crippen molar-refractivity contribution in [1.29, 1.82) is 0 Å². The predicted molar refractivity (Wildman–Crippen MR) is 70.4 cm³/mol. The summed E-state index contributed by atoms with van der Waals surface area (Å²) in [5, 5.41) is 1.94. The fourth-order valence-corrected chi connectivity index (χ4v) is 1.96. The van der Waals surface area contributed by atoms with Crippen molar-refractivity contribution in [2.45, 2.75) is 13.8 Å². The quantitative estimate of drug-likeness (QED) is 0.750. The molecule has 1 aliphatic heterocycles. The van der Waals surface area contributed by atoms with Crippen LogP contribution in [0.3, 0.4) is 0 Å². The zero-order valence-electron chi connectivity index (χ0n) is 9.90. The van der Waals surface area contributed by atoms with Crippen LogP contribution in [0, 0.1) is 0 Å². The monoisotopic (exact) mass is 226 g/mol. The molecule has 3 heteroatoms. The van der Waals surface area contributed by atoms with Crippen molar-refractivity contribution in [1.82, 2.24) is 0 Å². The van der Waals surface area contributed by atoms with Crippen LogP contribution in [-0.2, 0) is 0 Å². The van der Waals surface area contributed by atoms with Crippen LogP contribution in [-0.4, -0.2) is 11.7 Å². The first-order valence-electron chi connectivity index (χ1n) is 5.68. The predicted octanol–water partition coefficient (Wildman–Crippen LogP) is 2.73. The average Bonchev–Trinajstić information content (AvgIpc) is 2.38. The number of hydrogen-bond donors (Lipinski definition) is 1. The van der Waals surface area contributed by atoms with Gasteiger partial charge < -0.3 is 5.73 Å². The highest BCUT2D eigenvalue weighted by Gasteiger charge is 2.19. The Bertz CT molecular complexity index is 609. The van der Waals surface area contributed by atoms with Crippen molar-refractivity contribution in [3.8, 4) is 0 Å². The summed E-state index contributed by atoms with van der Waals surface area (Å²) < 4.78 is 0. The van der Waals surface area contributed by atoms with Gasteiger partial charge in [0.05, 0.1) is 5.56 Å². The van der Waals surface area contributed by atoms with Gasteiger partial charge in [-0.3, -0.25) is 4.79 Å². The SMILES string of the molecule is CC.NC1=NC(=O)c2cccc3cccc1c23. The Morgan fingerprint density at radius 1 is 1.00 bits per heavy atom. The summed E-state index contributed by atoms with van der Waals surface area (Å²) >= 11 is 0. The van der Waals surface area contributed by atoms with Crippen LogP contribution in [0.4, 0.5) is 0 Å². The highest BCUT2D eigenvalue weighted by Crippen LogP contribution is 2.26. The molecule has 17 heavy (non-hydrogen) atoms. The molecule has 0 unspecified atom stereocenters. The number of nitrogens with zero attached hydrogens (tertiary/aromatic N) is 1. The molecule has 3 nitrogen and oxygen atoms in total. The molecule has 0 bridgehead atoms. The molecule has 1 amide bonds. The van der Waals surface area contributed by atoms with E-state index in [1.54, 1.807) is 6.07 Å². The van der Waals surface area contributed by atoms with E-state index in [1.165, 1.54) is 0 Å². The maximum absolute atomic E-state index is 11.6. The molecular weight excluding hydrogens is 212 g/mol. The smallest absolute Gasteiger partial charge is 0.279 e. The van der Waals surface area contributed by atoms with Crippen LogP contribution in [0.15, 0.2) is 41.4 Å². The summed E-state index contributed by atoms with van der Waals surface area (Å²) in [6.07, 6.45) is 0. The maximum Gasteiger partial charge on any atom is 0.279 e. The van der Waals surface area contributed by atoms with Gasteiger partial charge in [0.15, 0.2) is 0 Å². The Morgan fingerprint density at radius 3 is 2.24 bits per heavy atom. The molecule has 0 spiro atoms. The van der Waals surface area contributed by atoms with Crippen molar-refractivity contribution in [3.05, 3.63) is 47.5 Å². The Kier molecular flexibility index (Phi) is 2.91. The zero-order chi connectivity index (χ0) is 12.4. The van der Waals surface area contributed by atoms with Crippen LogP contribution >= 0.6 is 0 Å². The third-order valence-corrected chi connectivity index (χ3v) is 2.63. The molecule has 0 radical (unpaired) electrons. The van der Waals surface area contributed by atoms with Gasteiger partial charge in [0, 0.05) is 10.9 Å². The molecule has 0 atom stereocenters. The molecule has 0 aliphatic carbocycles. The third kappa shape index (κ3) is 1.69. The van der Waals surface area contributed by atoms with Gasteiger partial charge in [-0.1, -0.05) is 44.2 Å². The minimum atomic E-state index is -0.253. The van der Waals surface area contributed by atoms with Crippen molar-refractivity contribution >= 4 is 22.5 Å². The Labute approximate surface area is 100.0 Å². The molecule has 0 saturated heterocycles. The molecule has 0 aromatic heterocycles. The van der Waals surface area contributed by atoms with Crippen molar-refractivity contribution < 1.29 is 4.79 Å². The number of nitrogens with two attached hydrogens (primary N) is 1. The van der Waals surface area contributed by atoms with Crippen LogP contribution in [0.5, 0.6) is 0 Å². The lowest BCUT2D eigenvalue weighted by Crippen LogP contribution is -2.20. The van der Waals surface area contributed by atoms with Gasteiger partial charge in [-0.05, 0) is 11.5 Å². The fourth-order valence-electron chi connectivity index (χ4n) is 1.96. The van der Waals surface area contributed by atoms with Crippen molar-refractivity contribution in [3.63, 3.8) is 0 Å². The number of amidine groups is 1. The van der Waals surface area contributed by atoms with Gasteiger partial charge in [0.25, 0.3) is 5.91 Å². The van der Waals surface area contributed by atoms with Crippen molar-refractivity contribution in [2.24, 2.45) is 10.7 Å². The first-order chi connectivity index (χ1) is 8.27. The number of carbonyl (C=O) groups excluding carboxylic acids is 1. The standard InChI is InChI=1S/C12H8N2O.C2H6/c13-11-8-5-1-3-7-4-2-6-9(10(7)8)12(15)14-11;1-2/h1-6H,(H2,13,14,15);1-2H3. The van der Waals surface area contributed by atoms with E-state index in [0.29, 0.717) is 11.4 Å². The topological polar surface area (TPSA) is 55.4 Å². The van der Waals surface area contributed by atoms with Crippen LogP contribution in [0.1, 0.15) is 29.8 Å². The normalized spacial score (nSPS) is 12.8. The lowest BCUT2D eigenvalue weighted by molar-refractivity contribution is 0.100. The van der Waals surface area contributed by atoms with Crippen LogP contribution in [0.25, 0.3) is 10.8 Å². The summed E-state index contributed by atoms with van der Waals surface area (Å²) in [4.78, 5) is 15.4. The summed E-state index contributed by atoms with van der Waals surface area (Å²) in [5.74, 6) is 0.0566. The second kappa shape index (κ2) is 4.37. The largest absolute Gasteiger partial charge is 0.383 e. The summed E-state index contributed by atoms with van der Waals surface area (Å²) in [6.45, 7) is 4.00. The van der Waals surface area contributed by atoms with Crippen molar-refractivity contribution in [2.75, 3.05) is 0 Å². The number of benzene rings is 2. The molecule has 86 valence electrons. The van der Waals surface area contributed by atoms with E-state index < -0.39 is 0 Å². The lowest BCUT2D eigenvalue weighted by Gasteiger charge is -2.13. The molecule has 2 N–H and O–H groups in total. The summed E-state index contributed by atoms with van der Waals surface area (Å²) in [7, 11) is 0. The van der Waals surface area contributed by atoms with Gasteiger partial charge in [0.1, 0.15) is 5.84 Å².